The Hall–Kier alpha value is -1.27. The molecule has 0 aliphatic heterocycles. The van der Waals surface area contributed by atoms with Gasteiger partial charge in [-0.2, -0.15) is 0 Å². The predicted octanol–water partition coefficient (Wildman–Crippen LogP) is 2.03. The summed E-state index contributed by atoms with van der Waals surface area (Å²) in [5.41, 5.74) is 0.825. The summed E-state index contributed by atoms with van der Waals surface area (Å²) in [5, 5.41) is 14.8. The highest BCUT2D eigenvalue weighted by molar-refractivity contribution is 9.10. The van der Waals surface area contributed by atoms with Crippen LogP contribution < -0.4 is 15.4 Å². The molecule has 5 nitrogen and oxygen atoms in total. The van der Waals surface area contributed by atoms with Crippen LogP contribution in [-0.4, -0.2) is 31.4 Å². The van der Waals surface area contributed by atoms with Gasteiger partial charge in [-0.1, -0.05) is 15.9 Å². The lowest BCUT2D eigenvalue weighted by molar-refractivity contribution is 0.203. The number of aliphatic hydroxyl groups excluding tert-OH is 1. The average molecular weight is 343 g/mol. The zero-order valence-electron chi connectivity index (χ0n) is 11.4. The highest BCUT2D eigenvalue weighted by Crippen LogP contribution is 2.44. The van der Waals surface area contributed by atoms with E-state index < -0.39 is 0 Å². The zero-order valence-corrected chi connectivity index (χ0v) is 13.0. The normalized spacial score (nSPS) is 15.6. The molecule has 1 fully saturated rings. The number of aliphatic hydroxyl groups is 1. The Morgan fingerprint density at radius 2 is 2.20 bits per heavy atom. The second-order valence-electron chi connectivity index (χ2n) is 5.15. The molecule has 2 amide bonds. The van der Waals surface area contributed by atoms with Gasteiger partial charge in [-0.15, -0.1) is 0 Å². The second kappa shape index (κ2) is 6.45. The number of rotatable bonds is 6. The monoisotopic (exact) mass is 342 g/mol. The number of nitrogens with one attached hydrogen (secondary N) is 2. The van der Waals surface area contributed by atoms with Gasteiger partial charge in [0.1, 0.15) is 5.75 Å². The summed E-state index contributed by atoms with van der Waals surface area (Å²) >= 11 is 3.40. The van der Waals surface area contributed by atoms with Gasteiger partial charge < -0.3 is 20.5 Å². The molecule has 0 heterocycles. The minimum atomic E-state index is -0.230. The third kappa shape index (κ3) is 3.86. The molecule has 2 rings (SSSR count). The summed E-state index contributed by atoms with van der Waals surface area (Å²) in [7, 11) is 1.60. The predicted molar refractivity (Wildman–Crippen MR) is 79.7 cm³/mol. The first-order valence-corrected chi connectivity index (χ1v) is 7.33. The molecule has 0 aromatic heterocycles. The number of halogens is 1. The van der Waals surface area contributed by atoms with Crippen LogP contribution in [0.15, 0.2) is 22.7 Å². The fourth-order valence-corrected chi connectivity index (χ4v) is 2.37. The maximum Gasteiger partial charge on any atom is 0.315 e. The maximum absolute atomic E-state index is 11.7. The number of amides is 2. The molecule has 0 saturated heterocycles. The van der Waals surface area contributed by atoms with Gasteiger partial charge in [-0.3, -0.25) is 0 Å². The zero-order chi connectivity index (χ0) is 14.6. The smallest absolute Gasteiger partial charge is 0.315 e. The number of hydrogen-bond acceptors (Lipinski definition) is 3. The summed E-state index contributed by atoms with van der Waals surface area (Å²) in [4.78, 5) is 11.7. The summed E-state index contributed by atoms with van der Waals surface area (Å²) in [5.74, 6) is 0.738. The maximum atomic E-state index is 11.7. The van der Waals surface area contributed by atoms with Crippen molar-refractivity contribution in [2.75, 3.05) is 20.3 Å². The number of ether oxygens (including phenoxy) is 1. The molecule has 1 aromatic rings. The van der Waals surface area contributed by atoms with Crippen LogP contribution in [-0.2, 0) is 6.54 Å². The molecule has 0 unspecified atom stereocenters. The van der Waals surface area contributed by atoms with E-state index in [9.17, 15) is 9.90 Å². The molecule has 0 spiro atoms. The molecule has 3 N–H and O–H groups in total. The molecule has 110 valence electrons. The Morgan fingerprint density at radius 1 is 1.45 bits per heavy atom. The Balaban J connectivity index is 1.82. The molecule has 0 bridgehead atoms. The molecule has 0 atom stereocenters. The van der Waals surface area contributed by atoms with E-state index in [0.29, 0.717) is 13.1 Å². The highest BCUT2D eigenvalue weighted by Gasteiger charge is 2.42. The lowest BCUT2D eigenvalue weighted by Crippen LogP contribution is -2.39. The van der Waals surface area contributed by atoms with Crippen LogP contribution >= 0.6 is 15.9 Å². The summed E-state index contributed by atoms with van der Waals surface area (Å²) < 4.78 is 6.19. The molecule has 6 heteroatoms. The molecular weight excluding hydrogens is 324 g/mol. The van der Waals surface area contributed by atoms with Crippen LogP contribution in [0.2, 0.25) is 0 Å². The first kappa shape index (κ1) is 15.1. The summed E-state index contributed by atoms with van der Waals surface area (Å²) in [6.07, 6.45) is 1.95. The van der Waals surface area contributed by atoms with E-state index in [0.717, 1.165) is 28.6 Å². The standard InChI is InChI=1S/C14H19BrN2O3/c1-20-12-3-2-11(15)6-10(12)7-16-13(19)17-8-14(9-18)4-5-14/h2-3,6,18H,4-5,7-9H2,1H3,(H2,16,17,19). The van der Waals surface area contributed by atoms with Crippen molar-refractivity contribution in [3.63, 3.8) is 0 Å². The van der Waals surface area contributed by atoms with E-state index in [1.165, 1.54) is 0 Å². The number of benzene rings is 1. The van der Waals surface area contributed by atoms with Crippen LogP contribution in [0.1, 0.15) is 18.4 Å². The number of carbonyl (C=O) groups is 1. The minimum absolute atomic E-state index is 0.0786. The lowest BCUT2D eigenvalue weighted by atomic mass is 10.1. The van der Waals surface area contributed by atoms with Gasteiger partial charge in [0.2, 0.25) is 0 Å². The average Bonchev–Trinajstić information content (AvgIpc) is 3.24. The van der Waals surface area contributed by atoms with Gasteiger partial charge in [0.25, 0.3) is 0 Å². The third-order valence-corrected chi connectivity index (χ3v) is 4.09. The number of carbonyl (C=O) groups excluding carboxylic acids is 1. The van der Waals surface area contributed by atoms with Crippen molar-refractivity contribution in [1.82, 2.24) is 10.6 Å². The van der Waals surface area contributed by atoms with Gasteiger partial charge >= 0.3 is 6.03 Å². The fourth-order valence-electron chi connectivity index (χ4n) is 1.96. The van der Waals surface area contributed by atoms with Crippen molar-refractivity contribution in [3.05, 3.63) is 28.2 Å². The third-order valence-electron chi connectivity index (χ3n) is 3.60. The van der Waals surface area contributed by atoms with Crippen LogP contribution in [0.3, 0.4) is 0 Å². The van der Waals surface area contributed by atoms with E-state index >= 15 is 0 Å². The van der Waals surface area contributed by atoms with Crippen LogP contribution in [0.4, 0.5) is 4.79 Å². The molecule has 1 aromatic carbocycles. The van der Waals surface area contributed by atoms with Crippen molar-refractivity contribution in [2.24, 2.45) is 5.41 Å². The Kier molecular flexibility index (Phi) is 4.88. The first-order valence-electron chi connectivity index (χ1n) is 6.53. The van der Waals surface area contributed by atoms with Crippen LogP contribution in [0.25, 0.3) is 0 Å². The summed E-state index contributed by atoms with van der Waals surface area (Å²) in [6, 6.07) is 5.42. The highest BCUT2D eigenvalue weighted by atomic mass is 79.9. The van der Waals surface area contributed by atoms with Gasteiger partial charge in [0.05, 0.1) is 13.7 Å². The molecule has 1 aliphatic rings. The van der Waals surface area contributed by atoms with Crippen molar-refractivity contribution in [3.8, 4) is 5.75 Å². The first-order chi connectivity index (χ1) is 9.58. The van der Waals surface area contributed by atoms with Crippen molar-refractivity contribution < 1.29 is 14.6 Å². The Labute approximate surface area is 126 Å². The van der Waals surface area contributed by atoms with E-state index in [1.54, 1.807) is 7.11 Å². The van der Waals surface area contributed by atoms with E-state index in [2.05, 4.69) is 26.6 Å². The SMILES string of the molecule is COc1ccc(Br)cc1CNC(=O)NCC1(CO)CC1. The number of urea groups is 1. The largest absolute Gasteiger partial charge is 0.496 e. The quantitative estimate of drug-likeness (QED) is 0.740. The van der Waals surface area contributed by atoms with Gasteiger partial charge in [-0.05, 0) is 31.0 Å². The topological polar surface area (TPSA) is 70.6 Å². The van der Waals surface area contributed by atoms with Gasteiger partial charge in [-0.25, -0.2) is 4.79 Å². The molecule has 20 heavy (non-hydrogen) atoms. The molecule has 0 radical (unpaired) electrons. The lowest BCUT2D eigenvalue weighted by Gasteiger charge is -2.14. The number of methoxy groups -OCH3 is 1. The van der Waals surface area contributed by atoms with Crippen molar-refractivity contribution in [1.29, 1.82) is 0 Å². The van der Waals surface area contributed by atoms with E-state index in [1.807, 2.05) is 18.2 Å². The Morgan fingerprint density at radius 3 is 2.80 bits per heavy atom. The van der Waals surface area contributed by atoms with Gasteiger partial charge in [0.15, 0.2) is 0 Å². The van der Waals surface area contributed by atoms with Crippen molar-refractivity contribution >= 4 is 22.0 Å². The molecular formula is C14H19BrN2O3. The Bertz CT molecular complexity index is 489. The van der Waals surface area contributed by atoms with Crippen LogP contribution in [0.5, 0.6) is 5.75 Å². The van der Waals surface area contributed by atoms with Gasteiger partial charge in [0, 0.05) is 28.5 Å². The van der Waals surface area contributed by atoms with E-state index in [-0.39, 0.29) is 18.1 Å². The van der Waals surface area contributed by atoms with E-state index in [4.69, 9.17) is 4.74 Å². The fraction of sp³-hybridized carbons (Fsp3) is 0.500. The minimum Gasteiger partial charge on any atom is -0.496 e. The number of hydrogen-bond donors (Lipinski definition) is 3. The molecule has 1 aliphatic carbocycles. The second-order valence-corrected chi connectivity index (χ2v) is 6.07. The van der Waals surface area contributed by atoms with Crippen molar-refractivity contribution in [2.45, 2.75) is 19.4 Å². The van der Waals surface area contributed by atoms with Crippen LogP contribution in [0, 0.1) is 5.41 Å². The summed E-state index contributed by atoms with van der Waals surface area (Å²) in [6.45, 7) is 1.04. The molecule has 1 saturated carbocycles.